The van der Waals surface area contributed by atoms with Gasteiger partial charge in [-0.2, -0.15) is 0 Å². The molecule has 4 aromatic rings. The molecule has 0 radical (unpaired) electrons. The Kier molecular flexibility index (Phi) is 7.03. The average Bonchev–Trinajstić information content (AvgIpc) is 2.82. The van der Waals surface area contributed by atoms with Gasteiger partial charge >= 0.3 is 190 Å². The molecule has 0 saturated carbocycles. The number of nitrogens with zero attached hydrogens (tertiary/aromatic N) is 2. The van der Waals surface area contributed by atoms with Crippen LogP contribution >= 0.6 is 0 Å². The van der Waals surface area contributed by atoms with Crippen molar-refractivity contribution in [1.82, 2.24) is 10.2 Å². The monoisotopic (exact) mass is 530 g/mol. The predicted octanol–water partition coefficient (Wildman–Crippen LogP) is 2.71. The van der Waals surface area contributed by atoms with Crippen molar-refractivity contribution in [3.63, 3.8) is 0 Å². The molecule has 3 aromatic carbocycles. The Morgan fingerprint density at radius 1 is 0.600 bits per heavy atom. The Morgan fingerprint density at radius 3 is 1.37 bits per heavy atom. The van der Waals surface area contributed by atoms with Gasteiger partial charge in [0, 0.05) is 0 Å². The average molecular weight is 528 g/mol. The number of methoxy groups -OCH3 is 2. The number of fused-ring (bicyclic) bond motifs is 1. The van der Waals surface area contributed by atoms with E-state index in [2.05, 4.69) is 58.7 Å². The fraction of sp³-hybridized carbons (Fsp3) is 0.167. The van der Waals surface area contributed by atoms with Crippen LogP contribution in [0.2, 0.25) is 0 Å². The molecule has 1 heterocycles. The summed E-state index contributed by atoms with van der Waals surface area (Å²) in [5.74, 6) is 1.78. The van der Waals surface area contributed by atoms with E-state index in [-0.39, 0.29) is 29.9 Å². The summed E-state index contributed by atoms with van der Waals surface area (Å²) in [5.41, 5.74) is 2.60. The molecule has 0 spiro atoms. The van der Waals surface area contributed by atoms with Gasteiger partial charge in [0.2, 0.25) is 0 Å². The molecule has 0 aliphatic rings. The second-order valence-corrected chi connectivity index (χ2v) is 10.7. The maximum atomic E-state index is 5.25. The Morgan fingerprint density at radius 2 is 1.00 bits per heavy atom. The van der Waals surface area contributed by atoms with Crippen LogP contribution in [0.1, 0.15) is 11.1 Å². The molecule has 0 aliphatic heterocycles. The van der Waals surface area contributed by atoms with Gasteiger partial charge in [-0.25, -0.2) is 0 Å². The van der Waals surface area contributed by atoms with Crippen LogP contribution in [0.15, 0.2) is 72.8 Å². The Bertz CT molecular complexity index is 1030. The SMILES string of the molecule is COc1ccc(C[Se]c2nnc([Se]Cc3ccc(OC)cc3)c3ccccc23)cc1. The summed E-state index contributed by atoms with van der Waals surface area (Å²) in [4.78, 5) is 0. The number of hydrogen-bond acceptors (Lipinski definition) is 4. The quantitative estimate of drug-likeness (QED) is 0.330. The number of benzene rings is 3. The number of rotatable bonds is 8. The normalized spacial score (nSPS) is 10.9. The van der Waals surface area contributed by atoms with E-state index in [4.69, 9.17) is 9.47 Å². The summed E-state index contributed by atoms with van der Waals surface area (Å²) in [7, 11) is 3.39. The van der Waals surface area contributed by atoms with E-state index >= 15 is 0 Å². The summed E-state index contributed by atoms with van der Waals surface area (Å²) in [6.45, 7) is 0. The summed E-state index contributed by atoms with van der Waals surface area (Å²) in [6, 6.07) is 25.1. The molecular weight excluding hydrogens is 506 g/mol. The molecule has 0 N–H and O–H groups in total. The first-order valence-corrected chi connectivity index (χ1v) is 13.7. The minimum atomic E-state index is 0.225. The Hall–Kier alpha value is -2.36. The van der Waals surface area contributed by atoms with Crippen LogP contribution in [0.4, 0.5) is 0 Å². The zero-order valence-corrected chi connectivity index (χ0v) is 20.3. The molecule has 0 amide bonds. The molecule has 0 saturated heterocycles. The fourth-order valence-corrected chi connectivity index (χ4v) is 6.91. The Labute approximate surface area is 189 Å². The first kappa shape index (κ1) is 20.9. The summed E-state index contributed by atoms with van der Waals surface area (Å²) < 4.78 is 12.7. The molecular formula is C24H22N2O2Se2. The molecule has 4 rings (SSSR count). The van der Waals surface area contributed by atoms with Gasteiger partial charge in [0.05, 0.1) is 0 Å². The van der Waals surface area contributed by atoms with Gasteiger partial charge in [-0.15, -0.1) is 0 Å². The molecule has 1 aromatic heterocycles. The van der Waals surface area contributed by atoms with Gasteiger partial charge in [0.15, 0.2) is 0 Å². The van der Waals surface area contributed by atoms with E-state index in [1.54, 1.807) is 14.2 Å². The van der Waals surface area contributed by atoms with Crippen LogP contribution in [0.3, 0.4) is 0 Å². The van der Waals surface area contributed by atoms with Gasteiger partial charge in [0.1, 0.15) is 0 Å². The van der Waals surface area contributed by atoms with Gasteiger partial charge in [-0.1, -0.05) is 0 Å². The topological polar surface area (TPSA) is 44.2 Å². The van der Waals surface area contributed by atoms with Crippen molar-refractivity contribution >= 4 is 49.9 Å². The first-order valence-electron chi connectivity index (χ1n) is 9.53. The van der Waals surface area contributed by atoms with Crippen molar-refractivity contribution in [3.05, 3.63) is 83.9 Å². The third kappa shape index (κ3) is 5.03. The van der Waals surface area contributed by atoms with Crippen molar-refractivity contribution in [1.29, 1.82) is 0 Å². The van der Waals surface area contributed by atoms with E-state index in [9.17, 15) is 0 Å². The van der Waals surface area contributed by atoms with Gasteiger partial charge in [0.25, 0.3) is 0 Å². The van der Waals surface area contributed by atoms with Crippen LogP contribution < -0.4 is 18.7 Å². The summed E-state index contributed by atoms with van der Waals surface area (Å²) in [6.07, 6.45) is 0. The van der Waals surface area contributed by atoms with E-state index in [0.717, 1.165) is 31.3 Å². The summed E-state index contributed by atoms with van der Waals surface area (Å²) >= 11 is 0.450. The molecule has 0 aliphatic carbocycles. The van der Waals surface area contributed by atoms with Crippen molar-refractivity contribution in [2.75, 3.05) is 14.2 Å². The number of aromatic nitrogens is 2. The molecule has 0 bridgehead atoms. The predicted molar refractivity (Wildman–Crippen MR) is 124 cm³/mol. The zero-order valence-electron chi connectivity index (χ0n) is 16.9. The van der Waals surface area contributed by atoms with Crippen LogP contribution in [0.5, 0.6) is 11.5 Å². The third-order valence-electron chi connectivity index (χ3n) is 4.69. The second-order valence-electron chi connectivity index (χ2n) is 6.63. The molecule has 0 atom stereocenters. The molecule has 152 valence electrons. The molecule has 4 nitrogen and oxygen atoms in total. The zero-order chi connectivity index (χ0) is 20.8. The van der Waals surface area contributed by atoms with Crippen LogP contribution in [0, 0.1) is 0 Å². The molecule has 6 heteroatoms. The molecule has 0 fully saturated rings. The molecule has 0 unspecified atom stereocenters. The Balaban J connectivity index is 1.50. The van der Waals surface area contributed by atoms with Crippen LogP contribution in [-0.2, 0) is 10.6 Å². The van der Waals surface area contributed by atoms with E-state index in [0.29, 0.717) is 0 Å². The van der Waals surface area contributed by atoms with Gasteiger partial charge in [-0.3, -0.25) is 0 Å². The van der Waals surface area contributed by atoms with E-state index < -0.39 is 0 Å². The van der Waals surface area contributed by atoms with Gasteiger partial charge in [-0.05, 0) is 0 Å². The first-order chi connectivity index (χ1) is 14.8. The minimum absolute atomic E-state index is 0.225. The number of hydrogen-bond donors (Lipinski definition) is 0. The van der Waals surface area contributed by atoms with E-state index in [1.165, 1.54) is 21.9 Å². The third-order valence-corrected chi connectivity index (χ3v) is 9.11. The van der Waals surface area contributed by atoms with Crippen molar-refractivity contribution < 1.29 is 9.47 Å². The number of ether oxygens (including phenoxy) is 2. The van der Waals surface area contributed by atoms with Crippen molar-refractivity contribution in [2.45, 2.75) is 10.6 Å². The standard InChI is InChI=1S/C24H22N2O2Se2/c1-27-19-11-7-17(8-12-19)15-29-23-21-5-3-4-6-22(21)24(26-25-23)30-16-18-9-13-20(28-2)14-10-18/h3-14H,15-16H2,1-2H3. The summed E-state index contributed by atoms with van der Waals surface area (Å²) in [5, 5.41) is 13.8. The van der Waals surface area contributed by atoms with Crippen molar-refractivity contribution in [3.8, 4) is 11.5 Å². The molecule has 30 heavy (non-hydrogen) atoms. The van der Waals surface area contributed by atoms with E-state index in [1.807, 2.05) is 24.3 Å². The van der Waals surface area contributed by atoms with Gasteiger partial charge < -0.3 is 0 Å². The van der Waals surface area contributed by atoms with Crippen molar-refractivity contribution in [2.24, 2.45) is 0 Å². The second kappa shape index (κ2) is 10.1. The maximum absolute atomic E-state index is 5.25. The fourth-order valence-electron chi connectivity index (χ4n) is 3.01. The van der Waals surface area contributed by atoms with Crippen LogP contribution in [0.25, 0.3) is 10.8 Å². The van der Waals surface area contributed by atoms with Crippen LogP contribution in [-0.4, -0.2) is 54.3 Å².